The molecular formula is C17H21N3O3. The number of rotatable bonds is 3. The second-order valence-corrected chi connectivity index (χ2v) is 5.91. The number of carbonyl (C=O) groups is 1. The van der Waals surface area contributed by atoms with Gasteiger partial charge in [-0.3, -0.25) is 9.78 Å². The molecule has 3 heterocycles. The van der Waals surface area contributed by atoms with Crippen LogP contribution in [-0.2, 0) is 16.0 Å². The molecular weight excluding hydrogens is 294 g/mol. The van der Waals surface area contributed by atoms with Gasteiger partial charge in [-0.2, -0.15) is 0 Å². The quantitative estimate of drug-likeness (QED) is 0.868. The molecule has 2 aromatic heterocycles. The Hall–Kier alpha value is -2.21. The molecule has 0 saturated carbocycles. The smallest absolute Gasteiger partial charge is 0.227 e. The van der Waals surface area contributed by atoms with Crippen molar-refractivity contribution in [3.05, 3.63) is 46.6 Å². The predicted molar refractivity (Wildman–Crippen MR) is 83.9 cm³/mol. The summed E-state index contributed by atoms with van der Waals surface area (Å²) < 4.78 is 11.0. The Morgan fingerprint density at radius 2 is 2.22 bits per heavy atom. The van der Waals surface area contributed by atoms with E-state index < -0.39 is 0 Å². The Bertz CT molecular complexity index is 691. The van der Waals surface area contributed by atoms with Gasteiger partial charge in [-0.05, 0) is 38.5 Å². The summed E-state index contributed by atoms with van der Waals surface area (Å²) in [5.74, 6) is 0.795. The summed E-state index contributed by atoms with van der Waals surface area (Å²) in [6, 6.07) is 3.95. The molecule has 1 fully saturated rings. The number of hydrogen-bond acceptors (Lipinski definition) is 5. The van der Waals surface area contributed by atoms with Crippen LogP contribution in [0, 0.1) is 20.8 Å². The first kappa shape index (κ1) is 15.7. The molecule has 0 bridgehead atoms. The lowest BCUT2D eigenvalue weighted by Gasteiger charge is -2.33. The van der Waals surface area contributed by atoms with Crippen LogP contribution in [-0.4, -0.2) is 40.6 Å². The van der Waals surface area contributed by atoms with E-state index in [0.717, 1.165) is 22.5 Å². The number of amides is 1. The van der Waals surface area contributed by atoms with Gasteiger partial charge in [-0.25, -0.2) is 0 Å². The van der Waals surface area contributed by atoms with Crippen molar-refractivity contribution in [1.29, 1.82) is 0 Å². The molecule has 23 heavy (non-hydrogen) atoms. The molecule has 0 unspecified atom stereocenters. The first-order valence-electron chi connectivity index (χ1n) is 7.78. The first-order chi connectivity index (χ1) is 11.0. The number of aryl methyl sites for hydroxylation is 3. The maximum Gasteiger partial charge on any atom is 0.227 e. The highest BCUT2D eigenvalue weighted by molar-refractivity contribution is 5.79. The monoisotopic (exact) mass is 315 g/mol. The largest absolute Gasteiger partial charge is 0.370 e. The van der Waals surface area contributed by atoms with Crippen molar-refractivity contribution in [2.45, 2.75) is 33.3 Å². The molecule has 3 rings (SSSR count). The zero-order valence-electron chi connectivity index (χ0n) is 13.7. The van der Waals surface area contributed by atoms with E-state index in [1.165, 1.54) is 0 Å². The van der Waals surface area contributed by atoms with Crippen molar-refractivity contribution < 1.29 is 14.1 Å². The van der Waals surface area contributed by atoms with Crippen molar-refractivity contribution in [3.8, 4) is 0 Å². The highest BCUT2D eigenvalue weighted by Crippen LogP contribution is 2.23. The molecule has 1 aliphatic heterocycles. The van der Waals surface area contributed by atoms with Crippen molar-refractivity contribution in [1.82, 2.24) is 15.0 Å². The minimum absolute atomic E-state index is 0.0819. The lowest BCUT2D eigenvalue weighted by atomic mass is 10.1. The van der Waals surface area contributed by atoms with Crippen LogP contribution < -0.4 is 0 Å². The van der Waals surface area contributed by atoms with E-state index in [1.807, 2.05) is 37.8 Å². The van der Waals surface area contributed by atoms with E-state index in [0.29, 0.717) is 31.9 Å². The number of nitrogens with zero attached hydrogens (tertiary/aromatic N) is 3. The molecule has 0 aliphatic carbocycles. The lowest BCUT2D eigenvalue weighted by Crippen LogP contribution is -2.43. The zero-order chi connectivity index (χ0) is 16.4. The number of morpholine rings is 1. The van der Waals surface area contributed by atoms with Gasteiger partial charge in [0, 0.05) is 24.0 Å². The van der Waals surface area contributed by atoms with Crippen LogP contribution in [0.15, 0.2) is 22.9 Å². The summed E-state index contributed by atoms with van der Waals surface area (Å²) in [7, 11) is 0. The van der Waals surface area contributed by atoms with Crippen LogP contribution in [0.4, 0.5) is 0 Å². The fourth-order valence-corrected chi connectivity index (χ4v) is 2.86. The van der Waals surface area contributed by atoms with Crippen molar-refractivity contribution in [2.24, 2.45) is 0 Å². The number of ether oxygens (including phenoxy) is 1. The Labute approximate surface area is 135 Å². The van der Waals surface area contributed by atoms with Crippen LogP contribution in [0.25, 0.3) is 0 Å². The Morgan fingerprint density at radius 3 is 2.91 bits per heavy atom. The van der Waals surface area contributed by atoms with Crippen molar-refractivity contribution in [2.75, 3.05) is 19.7 Å². The molecule has 122 valence electrons. The Kier molecular flexibility index (Phi) is 4.43. The Morgan fingerprint density at radius 1 is 1.39 bits per heavy atom. The minimum Gasteiger partial charge on any atom is -0.370 e. The molecule has 1 atom stereocenters. The van der Waals surface area contributed by atoms with Crippen molar-refractivity contribution >= 4 is 5.91 Å². The van der Waals surface area contributed by atoms with E-state index in [2.05, 4.69) is 10.1 Å². The van der Waals surface area contributed by atoms with E-state index in [1.54, 1.807) is 6.20 Å². The van der Waals surface area contributed by atoms with E-state index in [9.17, 15) is 4.79 Å². The fraction of sp³-hybridized carbons (Fsp3) is 0.471. The van der Waals surface area contributed by atoms with Gasteiger partial charge < -0.3 is 14.2 Å². The van der Waals surface area contributed by atoms with Crippen LogP contribution >= 0.6 is 0 Å². The summed E-state index contributed by atoms with van der Waals surface area (Å²) >= 11 is 0. The van der Waals surface area contributed by atoms with Crippen LogP contribution in [0.3, 0.4) is 0 Å². The van der Waals surface area contributed by atoms with Gasteiger partial charge in [0.1, 0.15) is 11.9 Å². The lowest BCUT2D eigenvalue weighted by molar-refractivity contribution is -0.138. The molecule has 0 N–H and O–H groups in total. The van der Waals surface area contributed by atoms with Gasteiger partial charge in [0.2, 0.25) is 5.91 Å². The highest BCUT2D eigenvalue weighted by atomic mass is 16.5. The number of carbonyl (C=O) groups excluding carboxylic acids is 1. The highest BCUT2D eigenvalue weighted by Gasteiger charge is 2.26. The van der Waals surface area contributed by atoms with Gasteiger partial charge in [-0.15, -0.1) is 0 Å². The minimum atomic E-state index is -0.0981. The molecule has 2 aromatic rings. The summed E-state index contributed by atoms with van der Waals surface area (Å²) in [5.41, 5.74) is 3.68. The summed E-state index contributed by atoms with van der Waals surface area (Å²) in [4.78, 5) is 18.7. The van der Waals surface area contributed by atoms with E-state index in [-0.39, 0.29) is 12.0 Å². The van der Waals surface area contributed by atoms with Crippen molar-refractivity contribution in [3.63, 3.8) is 0 Å². The molecule has 6 nitrogen and oxygen atoms in total. The third-order valence-corrected chi connectivity index (χ3v) is 4.22. The number of pyridine rings is 1. The molecule has 0 radical (unpaired) electrons. The SMILES string of the molecule is Cc1cc([C@@H]2CN(C(=O)Cc3c(C)noc3C)CCO2)ccn1. The predicted octanol–water partition coefficient (Wildman–Crippen LogP) is 2.14. The molecule has 6 heteroatoms. The normalized spacial score (nSPS) is 18.2. The van der Waals surface area contributed by atoms with Gasteiger partial charge in [0.05, 0.1) is 25.3 Å². The van der Waals surface area contributed by atoms with E-state index >= 15 is 0 Å². The third-order valence-electron chi connectivity index (χ3n) is 4.22. The second-order valence-electron chi connectivity index (χ2n) is 5.91. The molecule has 1 saturated heterocycles. The summed E-state index contributed by atoms with van der Waals surface area (Å²) in [6.45, 7) is 7.37. The standard InChI is InChI=1S/C17H21N3O3/c1-11-8-14(4-5-18-11)16-10-20(6-7-22-16)17(21)9-15-12(2)19-23-13(15)3/h4-5,8,16H,6-7,9-10H2,1-3H3/t16-/m0/s1. The van der Waals surface area contributed by atoms with Crippen LogP contribution in [0.5, 0.6) is 0 Å². The van der Waals surface area contributed by atoms with Gasteiger partial charge >= 0.3 is 0 Å². The van der Waals surface area contributed by atoms with Gasteiger partial charge in [-0.1, -0.05) is 5.16 Å². The average Bonchev–Trinajstić information content (AvgIpc) is 2.87. The number of aromatic nitrogens is 2. The van der Waals surface area contributed by atoms with Crippen LogP contribution in [0.2, 0.25) is 0 Å². The third kappa shape index (κ3) is 3.42. The van der Waals surface area contributed by atoms with Gasteiger partial charge in [0.15, 0.2) is 0 Å². The van der Waals surface area contributed by atoms with Gasteiger partial charge in [0.25, 0.3) is 0 Å². The fourth-order valence-electron chi connectivity index (χ4n) is 2.86. The molecule has 1 amide bonds. The molecule has 0 spiro atoms. The van der Waals surface area contributed by atoms with Crippen LogP contribution in [0.1, 0.15) is 34.4 Å². The maximum atomic E-state index is 12.6. The van der Waals surface area contributed by atoms with E-state index in [4.69, 9.17) is 9.26 Å². The first-order valence-corrected chi connectivity index (χ1v) is 7.78. The second kappa shape index (κ2) is 6.50. The zero-order valence-corrected chi connectivity index (χ0v) is 13.7. The topological polar surface area (TPSA) is 68.5 Å². The Balaban J connectivity index is 1.70. The number of hydrogen-bond donors (Lipinski definition) is 0. The average molecular weight is 315 g/mol. The maximum absolute atomic E-state index is 12.6. The summed E-state index contributed by atoms with van der Waals surface area (Å²) in [5, 5.41) is 3.91. The molecule has 1 aliphatic rings. The summed E-state index contributed by atoms with van der Waals surface area (Å²) in [6.07, 6.45) is 2.00. The molecule has 0 aromatic carbocycles.